The molecule has 3 heteroatoms. The Morgan fingerprint density at radius 1 is 1.29 bits per heavy atom. The summed E-state index contributed by atoms with van der Waals surface area (Å²) < 4.78 is 0. The van der Waals surface area contributed by atoms with Crippen LogP contribution in [0.1, 0.15) is 5.56 Å². The number of carbonyl (C=O) groups is 1. The summed E-state index contributed by atoms with van der Waals surface area (Å²) in [4.78, 5) is 10.3. The molecule has 0 spiro atoms. The second kappa shape index (κ2) is 6.35. The molecule has 0 radical (unpaired) electrons. The van der Waals surface area contributed by atoms with Crippen molar-refractivity contribution in [3.05, 3.63) is 42.0 Å². The van der Waals surface area contributed by atoms with Crippen LogP contribution in [0.2, 0.25) is 0 Å². The van der Waals surface area contributed by atoms with E-state index < -0.39 is 5.24 Å². The molecule has 1 aliphatic heterocycles. The van der Waals surface area contributed by atoms with Crippen LogP contribution in [0, 0.1) is 0 Å². The Labute approximate surface area is 88.6 Å². The highest BCUT2D eigenvalue weighted by atomic mass is 35.5. The average molecular weight is 210 g/mol. The molecule has 1 aliphatic rings. The van der Waals surface area contributed by atoms with Gasteiger partial charge in [-0.15, -0.1) is 0 Å². The van der Waals surface area contributed by atoms with E-state index in [9.17, 15) is 4.79 Å². The average Bonchev–Trinajstić information content (AvgIpc) is 3.03. The first kappa shape index (κ1) is 11.0. The Morgan fingerprint density at radius 2 is 1.86 bits per heavy atom. The van der Waals surface area contributed by atoms with E-state index in [2.05, 4.69) is 5.32 Å². The van der Waals surface area contributed by atoms with Gasteiger partial charge in [-0.1, -0.05) is 36.4 Å². The fourth-order valence-corrected chi connectivity index (χ4v) is 0.789. The Bertz CT molecular complexity index is 304. The Morgan fingerprint density at radius 3 is 2.29 bits per heavy atom. The zero-order chi connectivity index (χ0) is 10.2. The second-order valence-electron chi connectivity index (χ2n) is 2.80. The van der Waals surface area contributed by atoms with Crippen LogP contribution >= 0.6 is 11.6 Å². The summed E-state index contributed by atoms with van der Waals surface area (Å²) in [5.74, 6) is 0. The Hall–Kier alpha value is -1.12. The third kappa shape index (κ3) is 6.40. The number of rotatable bonds is 2. The first-order chi connectivity index (χ1) is 6.79. The summed E-state index contributed by atoms with van der Waals surface area (Å²) in [6, 6.07) is 9.52. The van der Waals surface area contributed by atoms with Crippen molar-refractivity contribution in [2.45, 2.75) is 0 Å². The lowest BCUT2D eigenvalue weighted by atomic mass is 10.2. The molecule has 0 atom stereocenters. The highest BCUT2D eigenvalue weighted by Gasteiger charge is 1.91. The number of nitrogens with one attached hydrogen (secondary N) is 1. The van der Waals surface area contributed by atoms with Crippen molar-refractivity contribution in [2.24, 2.45) is 0 Å². The molecule has 0 bridgehead atoms. The van der Waals surface area contributed by atoms with Crippen molar-refractivity contribution >= 4 is 22.9 Å². The van der Waals surface area contributed by atoms with Gasteiger partial charge in [0.05, 0.1) is 0 Å². The van der Waals surface area contributed by atoms with E-state index in [-0.39, 0.29) is 0 Å². The highest BCUT2D eigenvalue weighted by molar-refractivity contribution is 6.66. The molecule has 1 aromatic rings. The molecule has 0 amide bonds. The lowest BCUT2D eigenvalue weighted by molar-refractivity contribution is -0.107. The van der Waals surface area contributed by atoms with Gasteiger partial charge in [-0.3, -0.25) is 4.79 Å². The smallest absolute Gasteiger partial charge is 0.245 e. The minimum absolute atomic E-state index is 0.450. The number of benzene rings is 1. The van der Waals surface area contributed by atoms with Crippen molar-refractivity contribution in [2.75, 3.05) is 13.1 Å². The quantitative estimate of drug-likeness (QED) is 0.460. The molecule has 1 N–H and O–H groups in total. The van der Waals surface area contributed by atoms with Crippen LogP contribution in [0.15, 0.2) is 36.4 Å². The van der Waals surface area contributed by atoms with Gasteiger partial charge in [0.25, 0.3) is 0 Å². The Balaban J connectivity index is 0.000000276. The minimum atomic E-state index is -0.450. The van der Waals surface area contributed by atoms with E-state index >= 15 is 0 Å². The number of carbonyl (C=O) groups excluding carboxylic acids is 1. The van der Waals surface area contributed by atoms with Gasteiger partial charge in [-0.2, -0.15) is 0 Å². The lowest BCUT2D eigenvalue weighted by Crippen LogP contribution is -1.75. The third-order valence-corrected chi connectivity index (χ3v) is 1.58. The largest absolute Gasteiger partial charge is 0.314 e. The van der Waals surface area contributed by atoms with Crippen LogP contribution in [0.25, 0.3) is 6.08 Å². The van der Waals surface area contributed by atoms with Gasteiger partial charge >= 0.3 is 0 Å². The van der Waals surface area contributed by atoms with Crippen molar-refractivity contribution in [3.63, 3.8) is 0 Å². The van der Waals surface area contributed by atoms with Crippen LogP contribution in [-0.4, -0.2) is 18.3 Å². The number of halogens is 1. The second-order valence-corrected chi connectivity index (χ2v) is 3.17. The SMILES string of the molecule is C1CN1.O=C(Cl)/C=C/c1ccccc1. The molecule has 0 unspecified atom stereocenters. The predicted molar refractivity (Wildman–Crippen MR) is 59.2 cm³/mol. The van der Waals surface area contributed by atoms with Crippen LogP contribution in [0.3, 0.4) is 0 Å². The predicted octanol–water partition coefficient (Wildman–Crippen LogP) is 2.05. The van der Waals surface area contributed by atoms with Gasteiger partial charge < -0.3 is 5.32 Å². The fourth-order valence-electron chi connectivity index (χ4n) is 0.726. The standard InChI is InChI=1S/C9H7ClO.C2H5N/c10-9(11)7-6-8-4-2-1-3-5-8;1-2-3-1/h1-7H;3H,1-2H2/b7-6+;. The molecule has 74 valence electrons. The molecule has 0 saturated carbocycles. The van der Waals surface area contributed by atoms with E-state index in [1.807, 2.05) is 30.3 Å². The molecule has 1 heterocycles. The first-order valence-corrected chi connectivity index (χ1v) is 4.80. The zero-order valence-corrected chi connectivity index (χ0v) is 8.50. The topological polar surface area (TPSA) is 39.0 Å². The van der Waals surface area contributed by atoms with Crippen LogP contribution in [0.4, 0.5) is 0 Å². The third-order valence-electron chi connectivity index (χ3n) is 1.46. The lowest BCUT2D eigenvalue weighted by Gasteiger charge is -1.87. The van der Waals surface area contributed by atoms with Gasteiger partial charge in [0.1, 0.15) is 0 Å². The number of allylic oxidation sites excluding steroid dienone is 1. The van der Waals surface area contributed by atoms with Gasteiger partial charge in [0, 0.05) is 13.1 Å². The van der Waals surface area contributed by atoms with E-state index in [4.69, 9.17) is 11.6 Å². The molecular weight excluding hydrogens is 198 g/mol. The fraction of sp³-hybridized carbons (Fsp3) is 0.182. The van der Waals surface area contributed by atoms with Gasteiger partial charge in [0.15, 0.2) is 0 Å². The Kier molecular flexibility index (Phi) is 4.97. The molecule has 14 heavy (non-hydrogen) atoms. The summed E-state index contributed by atoms with van der Waals surface area (Å²) in [5, 5.41) is 2.55. The van der Waals surface area contributed by atoms with Gasteiger partial charge in [-0.25, -0.2) is 0 Å². The maximum absolute atomic E-state index is 10.3. The minimum Gasteiger partial charge on any atom is -0.314 e. The summed E-state index contributed by atoms with van der Waals surface area (Å²) in [7, 11) is 0. The van der Waals surface area contributed by atoms with Crippen LogP contribution in [0.5, 0.6) is 0 Å². The summed E-state index contributed by atoms with van der Waals surface area (Å²) >= 11 is 5.10. The molecule has 1 aromatic carbocycles. The molecule has 1 saturated heterocycles. The molecule has 1 fully saturated rings. The first-order valence-electron chi connectivity index (χ1n) is 4.42. The van der Waals surface area contributed by atoms with Crippen molar-refractivity contribution in [3.8, 4) is 0 Å². The zero-order valence-electron chi connectivity index (χ0n) is 7.74. The monoisotopic (exact) mass is 209 g/mol. The van der Waals surface area contributed by atoms with E-state index in [0.29, 0.717) is 0 Å². The van der Waals surface area contributed by atoms with Gasteiger partial charge in [0.2, 0.25) is 5.24 Å². The van der Waals surface area contributed by atoms with E-state index in [1.54, 1.807) is 6.08 Å². The van der Waals surface area contributed by atoms with E-state index in [0.717, 1.165) is 5.56 Å². The van der Waals surface area contributed by atoms with E-state index in [1.165, 1.54) is 19.2 Å². The van der Waals surface area contributed by atoms with Crippen molar-refractivity contribution < 1.29 is 4.79 Å². The number of hydrogen-bond donors (Lipinski definition) is 1. The summed E-state index contributed by atoms with van der Waals surface area (Å²) in [6.45, 7) is 2.50. The van der Waals surface area contributed by atoms with Crippen molar-refractivity contribution in [1.82, 2.24) is 5.32 Å². The molecule has 2 nitrogen and oxygen atoms in total. The summed E-state index contributed by atoms with van der Waals surface area (Å²) in [5.41, 5.74) is 0.974. The maximum Gasteiger partial charge on any atom is 0.245 e. The molecule has 2 rings (SSSR count). The number of hydrogen-bond acceptors (Lipinski definition) is 2. The van der Waals surface area contributed by atoms with Crippen LogP contribution in [-0.2, 0) is 4.79 Å². The maximum atomic E-state index is 10.3. The van der Waals surface area contributed by atoms with Gasteiger partial charge in [-0.05, 0) is 23.2 Å². The highest BCUT2D eigenvalue weighted by Crippen LogP contribution is 2.01. The normalized spacial score (nSPS) is 13.2. The molecule has 0 aliphatic carbocycles. The molecular formula is C11H12ClNO. The summed E-state index contributed by atoms with van der Waals surface area (Å²) in [6.07, 6.45) is 3.01. The van der Waals surface area contributed by atoms with Crippen LogP contribution < -0.4 is 5.32 Å². The molecule has 0 aromatic heterocycles. The van der Waals surface area contributed by atoms with Crippen molar-refractivity contribution in [1.29, 1.82) is 0 Å².